The highest BCUT2D eigenvalue weighted by Gasteiger charge is 2.77. The van der Waals surface area contributed by atoms with Crippen molar-refractivity contribution >= 4 is 44.7 Å². The Morgan fingerprint density at radius 1 is 1.38 bits per heavy atom. The predicted molar refractivity (Wildman–Crippen MR) is 149 cm³/mol. The van der Waals surface area contributed by atoms with E-state index in [9.17, 15) is 19.5 Å². The molecule has 11 nitrogen and oxygen atoms in total. The van der Waals surface area contributed by atoms with Crippen LogP contribution in [0.4, 0.5) is 0 Å². The van der Waals surface area contributed by atoms with Gasteiger partial charge in [-0.15, -0.1) is 11.7 Å². The molecule has 40 heavy (non-hydrogen) atoms. The molecule has 1 aromatic heterocycles. The molecule has 2 amide bonds. The zero-order valence-electron chi connectivity index (χ0n) is 23.0. The third kappa shape index (κ3) is 4.35. The van der Waals surface area contributed by atoms with E-state index < -0.39 is 41.6 Å². The fourth-order valence-corrected chi connectivity index (χ4v) is 7.70. The van der Waals surface area contributed by atoms with Gasteiger partial charge < -0.3 is 24.4 Å². The summed E-state index contributed by atoms with van der Waals surface area (Å²) in [4.78, 5) is 45.0. The van der Waals surface area contributed by atoms with Crippen LogP contribution in [0.1, 0.15) is 33.6 Å². The molecule has 1 aromatic carbocycles. The fourth-order valence-electron chi connectivity index (χ4n) is 6.76. The van der Waals surface area contributed by atoms with Crippen molar-refractivity contribution in [3.05, 3.63) is 36.9 Å². The maximum atomic E-state index is 14.6. The molecule has 3 aliphatic rings. The lowest BCUT2D eigenvalue weighted by Gasteiger charge is -2.40. The Balaban J connectivity index is 1.59. The van der Waals surface area contributed by atoms with E-state index in [1.54, 1.807) is 22.6 Å². The number of fused-ring (bicyclic) bond motifs is 2. The Morgan fingerprint density at radius 2 is 2.12 bits per heavy atom. The first-order valence-electron chi connectivity index (χ1n) is 13.8. The molecule has 12 heteroatoms. The third-order valence-electron chi connectivity index (χ3n) is 8.75. The largest absolute Gasteiger partial charge is 0.466 e. The monoisotopic (exact) mass is 617 g/mol. The van der Waals surface area contributed by atoms with Crippen molar-refractivity contribution in [1.29, 1.82) is 0 Å². The van der Waals surface area contributed by atoms with Crippen molar-refractivity contribution in [2.75, 3.05) is 19.8 Å². The molecule has 5 rings (SSSR count). The lowest BCUT2D eigenvalue weighted by atomic mass is 9.70. The molecule has 2 bridgehead atoms. The van der Waals surface area contributed by atoms with Crippen molar-refractivity contribution in [1.82, 2.24) is 24.8 Å². The molecule has 3 unspecified atom stereocenters. The Labute approximate surface area is 241 Å². The highest BCUT2D eigenvalue weighted by atomic mass is 79.9. The first kappa shape index (κ1) is 28.7. The normalized spacial score (nSPS) is 30.4. The van der Waals surface area contributed by atoms with Crippen LogP contribution in [0, 0.1) is 17.8 Å². The third-order valence-corrected chi connectivity index (χ3v) is 9.60. The van der Waals surface area contributed by atoms with Gasteiger partial charge in [-0.25, -0.2) is 4.68 Å². The molecular formula is C28H36BrN5O6. The van der Waals surface area contributed by atoms with Gasteiger partial charge in [-0.2, -0.15) is 0 Å². The molecule has 2 aromatic rings. The lowest BCUT2D eigenvalue weighted by Crippen LogP contribution is -2.60. The van der Waals surface area contributed by atoms with Crippen LogP contribution in [-0.4, -0.2) is 96.1 Å². The smallest absolute Gasteiger partial charge is 0.312 e. The molecular weight excluding hydrogens is 582 g/mol. The van der Waals surface area contributed by atoms with Gasteiger partial charge in [0.05, 0.1) is 42.7 Å². The number of rotatable bonds is 11. The predicted octanol–water partition coefficient (Wildman–Crippen LogP) is 2.12. The molecule has 3 aliphatic heterocycles. The van der Waals surface area contributed by atoms with Crippen molar-refractivity contribution in [2.45, 2.75) is 68.9 Å². The number of carbonyl (C=O) groups excluding carboxylic acids is 3. The Bertz CT molecular complexity index is 1300. The molecule has 0 saturated carbocycles. The number of nitrogens with zero attached hydrogens (tertiary/aromatic N) is 5. The number of aliphatic hydroxyl groups excluding tert-OH is 1. The van der Waals surface area contributed by atoms with Gasteiger partial charge in [-0.3, -0.25) is 14.4 Å². The number of aliphatic hydroxyl groups is 1. The van der Waals surface area contributed by atoms with E-state index in [4.69, 9.17) is 9.47 Å². The Morgan fingerprint density at radius 3 is 2.80 bits per heavy atom. The lowest BCUT2D eigenvalue weighted by molar-refractivity contribution is -0.157. The topological polar surface area (TPSA) is 127 Å². The summed E-state index contributed by atoms with van der Waals surface area (Å²) in [7, 11) is 0. The summed E-state index contributed by atoms with van der Waals surface area (Å²) >= 11 is 3.67. The fraction of sp³-hybridized carbons (Fsp3) is 0.607. The van der Waals surface area contributed by atoms with Crippen molar-refractivity contribution < 1.29 is 29.0 Å². The van der Waals surface area contributed by atoms with Crippen LogP contribution >= 0.6 is 15.9 Å². The quantitative estimate of drug-likeness (QED) is 0.231. The van der Waals surface area contributed by atoms with Gasteiger partial charge in [0.15, 0.2) is 0 Å². The zero-order valence-corrected chi connectivity index (χ0v) is 24.6. The number of aromatic nitrogens is 3. The van der Waals surface area contributed by atoms with Crippen molar-refractivity contribution in [3.63, 3.8) is 0 Å². The number of benzene rings is 1. The second kappa shape index (κ2) is 11.2. The number of ether oxygens (including phenoxy) is 2. The molecule has 1 spiro atoms. The van der Waals surface area contributed by atoms with Crippen LogP contribution < -0.4 is 0 Å². The van der Waals surface area contributed by atoms with E-state index in [-0.39, 0.29) is 49.0 Å². The van der Waals surface area contributed by atoms with E-state index in [2.05, 4.69) is 32.8 Å². The maximum absolute atomic E-state index is 14.6. The number of halogens is 1. The number of amides is 2. The molecule has 1 N–H and O–H groups in total. The molecule has 3 fully saturated rings. The summed E-state index contributed by atoms with van der Waals surface area (Å²) in [6.45, 7) is 9.58. The van der Waals surface area contributed by atoms with Gasteiger partial charge in [0.25, 0.3) is 0 Å². The summed E-state index contributed by atoms with van der Waals surface area (Å²) in [5.74, 6) is -3.08. The number of hydrogen-bond donors (Lipinski definition) is 1. The number of esters is 1. The summed E-state index contributed by atoms with van der Waals surface area (Å²) in [5.41, 5.74) is 0.197. The first-order valence-corrected chi connectivity index (χ1v) is 14.7. The van der Waals surface area contributed by atoms with E-state index in [0.717, 1.165) is 5.52 Å². The number of likely N-dealkylation sites (tertiary alicyclic amines) is 1. The highest BCUT2D eigenvalue weighted by Crippen LogP contribution is 2.61. The minimum Gasteiger partial charge on any atom is -0.466 e. The number of alkyl halides is 1. The van der Waals surface area contributed by atoms with E-state index in [1.165, 1.54) is 4.90 Å². The molecule has 0 radical (unpaired) electrons. The van der Waals surface area contributed by atoms with Gasteiger partial charge in [0.1, 0.15) is 23.8 Å². The van der Waals surface area contributed by atoms with Crippen LogP contribution in [-0.2, 0) is 30.5 Å². The van der Waals surface area contributed by atoms with E-state index in [1.807, 2.05) is 38.1 Å². The second-order valence-corrected chi connectivity index (χ2v) is 12.0. The highest BCUT2D eigenvalue weighted by molar-refractivity contribution is 9.09. The Kier molecular flexibility index (Phi) is 8.04. The average molecular weight is 619 g/mol. The average Bonchev–Trinajstić information content (AvgIpc) is 3.66. The SMILES string of the molecule is C=CCN(Cn1nnc2ccccc21)C(=O)C1N([C@@H](CO)[C@@H](C)CC)C(=O)[C@@H]2[C@H](C(=O)OCC)[C@H]3OC12CC3Br. The number of carbonyl (C=O) groups is 3. The maximum Gasteiger partial charge on any atom is 0.312 e. The van der Waals surface area contributed by atoms with Gasteiger partial charge in [-0.05, 0) is 31.4 Å². The standard InChI is InChI=1S/C28H36BrN5O6/c1-5-12-32(15-33-19-11-9-8-10-18(19)30-31-33)26(37)24-28-13-17(29)23(40-28)21(27(38)39-7-3)22(28)25(36)34(24)20(14-35)16(4)6-2/h5,8-11,16-17,20-24,35H,1,6-7,12-15H2,2-4H3/t16-,17?,20-,21-,22-,23-,24?,28?/m0/s1. The summed E-state index contributed by atoms with van der Waals surface area (Å²) < 4.78 is 13.6. The van der Waals surface area contributed by atoms with Crippen LogP contribution in [0.3, 0.4) is 0 Å². The number of hydrogen-bond acceptors (Lipinski definition) is 8. The minimum atomic E-state index is -1.25. The number of para-hydroxylation sites is 1. The van der Waals surface area contributed by atoms with Gasteiger partial charge >= 0.3 is 5.97 Å². The first-order chi connectivity index (χ1) is 19.2. The van der Waals surface area contributed by atoms with Gasteiger partial charge in [-0.1, -0.05) is 59.6 Å². The summed E-state index contributed by atoms with van der Waals surface area (Å²) in [5, 5.41) is 19.0. The summed E-state index contributed by atoms with van der Waals surface area (Å²) in [6.07, 6.45) is 2.06. The molecule has 216 valence electrons. The second-order valence-electron chi connectivity index (χ2n) is 10.9. The minimum absolute atomic E-state index is 0.0697. The van der Waals surface area contributed by atoms with Crippen LogP contribution in [0.15, 0.2) is 36.9 Å². The van der Waals surface area contributed by atoms with E-state index >= 15 is 0 Å². The van der Waals surface area contributed by atoms with Gasteiger partial charge in [0, 0.05) is 11.4 Å². The Hall–Kier alpha value is -2.83. The molecule has 0 aliphatic carbocycles. The van der Waals surface area contributed by atoms with Crippen LogP contribution in [0.2, 0.25) is 0 Å². The van der Waals surface area contributed by atoms with E-state index in [0.29, 0.717) is 18.4 Å². The molecule has 8 atom stereocenters. The zero-order chi connectivity index (χ0) is 28.8. The van der Waals surface area contributed by atoms with Gasteiger partial charge in [0.2, 0.25) is 11.8 Å². The van der Waals surface area contributed by atoms with Crippen molar-refractivity contribution in [2.24, 2.45) is 17.8 Å². The summed E-state index contributed by atoms with van der Waals surface area (Å²) in [6, 6.07) is 5.76. The van der Waals surface area contributed by atoms with Crippen LogP contribution in [0.5, 0.6) is 0 Å². The van der Waals surface area contributed by atoms with Crippen LogP contribution in [0.25, 0.3) is 11.0 Å². The molecule has 4 heterocycles. The molecule has 3 saturated heterocycles. The van der Waals surface area contributed by atoms with Crippen molar-refractivity contribution in [3.8, 4) is 0 Å².